The van der Waals surface area contributed by atoms with Crippen LogP contribution in [0, 0.1) is 5.92 Å². The number of nitrogens with zero attached hydrogens (tertiary/aromatic N) is 3. The van der Waals surface area contributed by atoms with Gasteiger partial charge in [-0.15, -0.1) is 0 Å². The van der Waals surface area contributed by atoms with Gasteiger partial charge in [0.1, 0.15) is 0 Å². The summed E-state index contributed by atoms with van der Waals surface area (Å²) in [5, 5.41) is 0. The highest BCUT2D eigenvalue weighted by Gasteiger charge is 2.21. The van der Waals surface area contributed by atoms with E-state index in [4.69, 9.17) is 0 Å². The standard InChI is InChI=1S/C23H23N3O/c27-23(11-10-20-17-24-21-8-4-5-9-22(21)25-20)26-14-12-19(13-15-26)16-18-6-2-1-3-7-18/h1-11,17,19H,12-16H2/b11-10+. The second-order valence-electron chi connectivity index (χ2n) is 7.08. The number of piperidine rings is 1. The first kappa shape index (κ1) is 17.4. The fraction of sp³-hybridized carbons (Fsp3) is 0.261. The molecule has 2 heterocycles. The first-order valence-electron chi connectivity index (χ1n) is 9.50. The molecule has 1 fully saturated rings. The number of hydrogen-bond acceptors (Lipinski definition) is 3. The molecule has 1 aliphatic heterocycles. The Morgan fingerprint density at radius 2 is 1.70 bits per heavy atom. The lowest BCUT2D eigenvalue weighted by molar-refractivity contribution is -0.127. The maximum atomic E-state index is 12.5. The molecule has 3 aromatic rings. The molecule has 2 aromatic carbocycles. The van der Waals surface area contributed by atoms with E-state index in [0.717, 1.165) is 43.4 Å². The number of para-hydroxylation sites is 2. The molecular formula is C23H23N3O. The normalized spacial score (nSPS) is 15.5. The van der Waals surface area contributed by atoms with Crippen LogP contribution in [0.2, 0.25) is 0 Å². The van der Waals surface area contributed by atoms with Crippen molar-refractivity contribution in [2.45, 2.75) is 19.3 Å². The third-order valence-electron chi connectivity index (χ3n) is 5.16. The van der Waals surface area contributed by atoms with Crippen molar-refractivity contribution in [1.82, 2.24) is 14.9 Å². The second-order valence-corrected chi connectivity index (χ2v) is 7.08. The predicted octanol–water partition coefficient (Wildman–Crippen LogP) is 4.12. The zero-order valence-electron chi connectivity index (χ0n) is 15.3. The molecule has 4 rings (SSSR count). The highest BCUT2D eigenvalue weighted by atomic mass is 16.2. The van der Waals surface area contributed by atoms with Crippen LogP contribution in [-0.4, -0.2) is 33.9 Å². The van der Waals surface area contributed by atoms with E-state index < -0.39 is 0 Å². The summed E-state index contributed by atoms with van der Waals surface area (Å²) in [6.45, 7) is 1.65. The fourth-order valence-corrected chi connectivity index (χ4v) is 3.62. The summed E-state index contributed by atoms with van der Waals surface area (Å²) in [6.07, 6.45) is 8.31. The summed E-state index contributed by atoms with van der Waals surface area (Å²) in [4.78, 5) is 23.3. The molecule has 0 radical (unpaired) electrons. The monoisotopic (exact) mass is 357 g/mol. The highest BCUT2D eigenvalue weighted by Crippen LogP contribution is 2.22. The lowest BCUT2D eigenvalue weighted by Crippen LogP contribution is -2.37. The van der Waals surface area contributed by atoms with Gasteiger partial charge >= 0.3 is 0 Å². The molecule has 0 atom stereocenters. The molecular weight excluding hydrogens is 334 g/mol. The second kappa shape index (κ2) is 8.12. The van der Waals surface area contributed by atoms with E-state index in [2.05, 4.69) is 40.3 Å². The van der Waals surface area contributed by atoms with Gasteiger partial charge in [-0.1, -0.05) is 42.5 Å². The van der Waals surface area contributed by atoms with Crippen molar-refractivity contribution in [2.75, 3.05) is 13.1 Å². The zero-order chi connectivity index (χ0) is 18.5. The molecule has 1 aromatic heterocycles. The number of carbonyl (C=O) groups is 1. The van der Waals surface area contributed by atoms with E-state index in [1.165, 1.54) is 5.56 Å². The van der Waals surface area contributed by atoms with Gasteiger partial charge in [-0.3, -0.25) is 9.78 Å². The molecule has 1 amide bonds. The molecule has 0 bridgehead atoms. The van der Waals surface area contributed by atoms with Crippen molar-refractivity contribution in [3.63, 3.8) is 0 Å². The minimum Gasteiger partial charge on any atom is -0.339 e. The lowest BCUT2D eigenvalue weighted by Gasteiger charge is -2.31. The van der Waals surface area contributed by atoms with Gasteiger partial charge in [0, 0.05) is 19.2 Å². The van der Waals surface area contributed by atoms with Crippen LogP contribution < -0.4 is 0 Å². The maximum Gasteiger partial charge on any atom is 0.246 e. The first-order valence-corrected chi connectivity index (χ1v) is 9.50. The van der Waals surface area contributed by atoms with Crippen molar-refractivity contribution in [3.05, 3.63) is 78.1 Å². The van der Waals surface area contributed by atoms with Gasteiger partial charge < -0.3 is 4.90 Å². The number of rotatable bonds is 4. The van der Waals surface area contributed by atoms with E-state index >= 15 is 0 Å². The molecule has 0 spiro atoms. The Bertz CT molecular complexity index is 944. The van der Waals surface area contributed by atoms with Crippen molar-refractivity contribution >= 4 is 23.0 Å². The van der Waals surface area contributed by atoms with E-state index in [9.17, 15) is 4.79 Å². The predicted molar refractivity (Wildman–Crippen MR) is 108 cm³/mol. The summed E-state index contributed by atoms with van der Waals surface area (Å²) in [5.41, 5.74) is 3.80. The summed E-state index contributed by atoms with van der Waals surface area (Å²) in [6, 6.07) is 18.3. The minimum absolute atomic E-state index is 0.0584. The molecule has 0 aliphatic carbocycles. The van der Waals surface area contributed by atoms with Crippen LogP contribution in [-0.2, 0) is 11.2 Å². The Balaban J connectivity index is 1.32. The number of benzene rings is 2. The Morgan fingerprint density at radius 1 is 1.00 bits per heavy atom. The Morgan fingerprint density at radius 3 is 2.48 bits per heavy atom. The Kier molecular flexibility index (Phi) is 5.24. The SMILES string of the molecule is O=C(/C=C/c1cnc2ccccc2n1)N1CCC(Cc2ccccc2)CC1. The molecule has 136 valence electrons. The van der Waals surface area contributed by atoms with Gasteiger partial charge in [-0.05, 0) is 49.0 Å². The van der Waals surface area contributed by atoms with Crippen LogP contribution in [0.25, 0.3) is 17.1 Å². The number of fused-ring (bicyclic) bond motifs is 1. The molecule has 4 heteroatoms. The molecule has 0 saturated carbocycles. The Labute approximate surface area is 159 Å². The van der Waals surface area contributed by atoms with Crippen LogP contribution in [0.1, 0.15) is 24.1 Å². The number of hydrogen-bond donors (Lipinski definition) is 0. The van der Waals surface area contributed by atoms with E-state index in [1.807, 2.05) is 29.2 Å². The average molecular weight is 357 g/mol. The number of aromatic nitrogens is 2. The third kappa shape index (κ3) is 4.40. The Hall–Kier alpha value is -3.01. The van der Waals surface area contributed by atoms with Gasteiger partial charge in [-0.25, -0.2) is 4.98 Å². The van der Waals surface area contributed by atoms with Crippen LogP contribution >= 0.6 is 0 Å². The van der Waals surface area contributed by atoms with Crippen LogP contribution in [0.15, 0.2) is 66.9 Å². The van der Waals surface area contributed by atoms with Crippen LogP contribution in [0.4, 0.5) is 0 Å². The van der Waals surface area contributed by atoms with Crippen molar-refractivity contribution in [3.8, 4) is 0 Å². The molecule has 0 unspecified atom stereocenters. The van der Waals surface area contributed by atoms with Gasteiger partial charge in [0.2, 0.25) is 5.91 Å². The van der Waals surface area contributed by atoms with Crippen molar-refractivity contribution < 1.29 is 4.79 Å². The third-order valence-corrected chi connectivity index (χ3v) is 5.16. The number of carbonyl (C=O) groups excluding carboxylic acids is 1. The van der Waals surface area contributed by atoms with E-state index in [-0.39, 0.29) is 5.91 Å². The van der Waals surface area contributed by atoms with Crippen molar-refractivity contribution in [1.29, 1.82) is 0 Å². The average Bonchev–Trinajstić information content (AvgIpc) is 2.73. The van der Waals surface area contributed by atoms with Crippen LogP contribution in [0.3, 0.4) is 0 Å². The largest absolute Gasteiger partial charge is 0.339 e. The summed E-state index contributed by atoms with van der Waals surface area (Å²) < 4.78 is 0. The topological polar surface area (TPSA) is 46.1 Å². The van der Waals surface area contributed by atoms with Gasteiger partial charge in [0.15, 0.2) is 0 Å². The van der Waals surface area contributed by atoms with Gasteiger partial charge in [0.25, 0.3) is 0 Å². The van der Waals surface area contributed by atoms with Crippen LogP contribution in [0.5, 0.6) is 0 Å². The number of likely N-dealkylation sites (tertiary alicyclic amines) is 1. The fourth-order valence-electron chi connectivity index (χ4n) is 3.62. The summed E-state index contributed by atoms with van der Waals surface area (Å²) in [7, 11) is 0. The molecule has 1 saturated heterocycles. The quantitative estimate of drug-likeness (QED) is 0.660. The first-order chi connectivity index (χ1) is 13.3. The summed E-state index contributed by atoms with van der Waals surface area (Å²) in [5.74, 6) is 0.718. The maximum absolute atomic E-state index is 12.5. The molecule has 4 nitrogen and oxygen atoms in total. The molecule has 0 N–H and O–H groups in total. The zero-order valence-corrected chi connectivity index (χ0v) is 15.3. The summed E-state index contributed by atoms with van der Waals surface area (Å²) >= 11 is 0. The minimum atomic E-state index is 0.0584. The van der Waals surface area contributed by atoms with Gasteiger partial charge in [0.05, 0.1) is 22.9 Å². The number of amides is 1. The smallest absolute Gasteiger partial charge is 0.246 e. The van der Waals surface area contributed by atoms with E-state index in [1.54, 1.807) is 18.3 Å². The van der Waals surface area contributed by atoms with Gasteiger partial charge in [-0.2, -0.15) is 0 Å². The molecule has 1 aliphatic rings. The van der Waals surface area contributed by atoms with Crippen molar-refractivity contribution in [2.24, 2.45) is 5.92 Å². The molecule has 27 heavy (non-hydrogen) atoms. The lowest BCUT2D eigenvalue weighted by atomic mass is 9.90. The van der Waals surface area contributed by atoms with E-state index in [0.29, 0.717) is 11.6 Å². The highest BCUT2D eigenvalue weighted by molar-refractivity contribution is 5.91.